The number of halogens is 1. The van der Waals surface area contributed by atoms with Gasteiger partial charge in [-0.05, 0) is 25.5 Å². The van der Waals surface area contributed by atoms with Gasteiger partial charge in [0.2, 0.25) is 5.13 Å². The number of benzene rings is 1. The van der Waals surface area contributed by atoms with Crippen molar-refractivity contribution in [1.82, 2.24) is 10.2 Å². The SMILES string of the molecule is Cc1nnc(Nc2ccccc2C(C)Cl)s1. The van der Waals surface area contributed by atoms with Crippen LogP contribution in [0.2, 0.25) is 0 Å². The Morgan fingerprint density at radius 2 is 2.06 bits per heavy atom. The molecule has 0 radical (unpaired) electrons. The molecule has 0 amide bonds. The molecule has 0 spiro atoms. The van der Waals surface area contributed by atoms with Crippen molar-refractivity contribution in [2.24, 2.45) is 0 Å². The quantitative estimate of drug-likeness (QED) is 0.844. The lowest BCUT2D eigenvalue weighted by atomic mass is 10.1. The number of alkyl halides is 1. The monoisotopic (exact) mass is 253 g/mol. The third-order valence-electron chi connectivity index (χ3n) is 2.16. The molecule has 2 aromatic rings. The lowest BCUT2D eigenvalue weighted by molar-refractivity contribution is 1.05. The van der Waals surface area contributed by atoms with Crippen LogP contribution in [-0.4, -0.2) is 10.2 Å². The van der Waals surface area contributed by atoms with Crippen molar-refractivity contribution in [1.29, 1.82) is 0 Å². The molecule has 1 N–H and O–H groups in total. The van der Waals surface area contributed by atoms with Crippen LogP contribution >= 0.6 is 22.9 Å². The summed E-state index contributed by atoms with van der Waals surface area (Å²) in [6, 6.07) is 7.95. The zero-order valence-corrected chi connectivity index (χ0v) is 10.6. The number of para-hydroxylation sites is 1. The minimum Gasteiger partial charge on any atom is -0.330 e. The molecule has 3 nitrogen and oxygen atoms in total. The van der Waals surface area contributed by atoms with Crippen molar-refractivity contribution in [3.63, 3.8) is 0 Å². The van der Waals surface area contributed by atoms with Crippen molar-refractivity contribution >= 4 is 33.8 Å². The Morgan fingerprint density at radius 3 is 2.69 bits per heavy atom. The van der Waals surface area contributed by atoms with Crippen LogP contribution in [0.5, 0.6) is 0 Å². The molecule has 0 saturated carbocycles. The fourth-order valence-electron chi connectivity index (χ4n) is 1.42. The van der Waals surface area contributed by atoms with Crippen molar-refractivity contribution in [3.05, 3.63) is 34.8 Å². The molecular formula is C11H12ClN3S. The molecule has 0 aliphatic heterocycles. The minimum atomic E-state index is -0.0299. The van der Waals surface area contributed by atoms with E-state index in [0.717, 1.165) is 21.4 Å². The van der Waals surface area contributed by atoms with E-state index < -0.39 is 0 Å². The first-order chi connectivity index (χ1) is 7.66. The molecule has 16 heavy (non-hydrogen) atoms. The van der Waals surface area contributed by atoms with Gasteiger partial charge in [-0.25, -0.2) is 0 Å². The first kappa shape index (κ1) is 11.4. The summed E-state index contributed by atoms with van der Waals surface area (Å²) in [6.07, 6.45) is 0. The van der Waals surface area contributed by atoms with E-state index in [9.17, 15) is 0 Å². The minimum absolute atomic E-state index is 0.0299. The largest absolute Gasteiger partial charge is 0.330 e. The molecule has 1 unspecified atom stereocenters. The number of aromatic nitrogens is 2. The number of aryl methyl sites for hydroxylation is 1. The zero-order chi connectivity index (χ0) is 11.5. The fraction of sp³-hybridized carbons (Fsp3) is 0.273. The van der Waals surface area contributed by atoms with Crippen LogP contribution in [0.1, 0.15) is 22.9 Å². The molecule has 1 atom stereocenters. The summed E-state index contributed by atoms with van der Waals surface area (Å²) < 4.78 is 0. The fourth-order valence-corrected chi connectivity index (χ4v) is 2.21. The van der Waals surface area contributed by atoms with Crippen molar-refractivity contribution in [3.8, 4) is 0 Å². The predicted molar refractivity (Wildman–Crippen MR) is 68.6 cm³/mol. The highest BCUT2D eigenvalue weighted by Crippen LogP contribution is 2.30. The molecule has 0 saturated heterocycles. The predicted octanol–water partition coefficient (Wildman–Crippen LogP) is 3.89. The summed E-state index contributed by atoms with van der Waals surface area (Å²) in [7, 11) is 0. The van der Waals surface area contributed by atoms with E-state index in [1.54, 1.807) is 0 Å². The van der Waals surface area contributed by atoms with Gasteiger partial charge in [-0.2, -0.15) is 0 Å². The molecule has 0 fully saturated rings. The number of rotatable bonds is 3. The summed E-state index contributed by atoms with van der Waals surface area (Å²) in [5.74, 6) is 0. The standard InChI is InChI=1S/C11H12ClN3S/c1-7(12)9-5-3-4-6-10(9)13-11-15-14-8(2)16-11/h3-7H,1-2H3,(H,13,15). The van der Waals surface area contributed by atoms with Crippen LogP contribution in [0.4, 0.5) is 10.8 Å². The topological polar surface area (TPSA) is 37.8 Å². The molecule has 0 bridgehead atoms. The van der Waals surface area contributed by atoms with Crippen LogP contribution < -0.4 is 5.32 Å². The van der Waals surface area contributed by atoms with Gasteiger partial charge in [0.05, 0.1) is 5.38 Å². The Hall–Kier alpha value is -1.13. The Kier molecular flexibility index (Phi) is 3.41. The van der Waals surface area contributed by atoms with Gasteiger partial charge >= 0.3 is 0 Å². The smallest absolute Gasteiger partial charge is 0.210 e. The lowest BCUT2D eigenvalue weighted by Gasteiger charge is -2.10. The molecule has 0 aliphatic rings. The molecule has 1 aromatic carbocycles. The average molecular weight is 254 g/mol. The highest BCUT2D eigenvalue weighted by atomic mass is 35.5. The van der Waals surface area contributed by atoms with Crippen LogP contribution in [-0.2, 0) is 0 Å². The van der Waals surface area contributed by atoms with E-state index in [1.807, 2.05) is 38.1 Å². The molecule has 1 heterocycles. The maximum absolute atomic E-state index is 6.11. The second-order valence-corrected chi connectivity index (χ2v) is 5.29. The van der Waals surface area contributed by atoms with Crippen molar-refractivity contribution in [2.45, 2.75) is 19.2 Å². The normalized spacial score (nSPS) is 12.4. The first-order valence-electron chi connectivity index (χ1n) is 4.97. The Balaban J connectivity index is 2.27. The van der Waals surface area contributed by atoms with E-state index in [0.29, 0.717) is 0 Å². The van der Waals surface area contributed by atoms with Crippen molar-refractivity contribution < 1.29 is 0 Å². The van der Waals surface area contributed by atoms with Crippen LogP contribution in [0.25, 0.3) is 0 Å². The highest BCUT2D eigenvalue weighted by molar-refractivity contribution is 7.15. The lowest BCUT2D eigenvalue weighted by Crippen LogP contribution is -1.95. The van der Waals surface area contributed by atoms with E-state index >= 15 is 0 Å². The molecule has 5 heteroatoms. The van der Waals surface area contributed by atoms with Gasteiger partial charge in [0.15, 0.2) is 0 Å². The number of nitrogens with one attached hydrogen (secondary N) is 1. The summed E-state index contributed by atoms with van der Waals surface area (Å²) in [6.45, 7) is 3.88. The van der Waals surface area contributed by atoms with Gasteiger partial charge in [0.25, 0.3) is 0 Å². The van der Waals surface area contributed by atoms with Crippen LogP contribution in [0.15, 0.2) is 24.3 Å². The van der Waals surface area contributed by atoms with Gasteiger partial charge < -0.3 is 5.32 Å². The van der Waals surface area contributed by atoms with Gasteiger partial charge in [-0.15, -0.1) is 21.8 Å². The maximum Gasteiger partial charge on any atom is 0.210 e. The molecule has 84 valence electrons. The highest BCUT2D eigenvalue weighted by Gasteiger charge is 2.08. The van der Waals surface area contributed by atoms with E-state index in [2.05, 4.69) is 15.5 Å². The number of nitrogens with zero attached hydrogens (tertiary/aromatic N) is 2. The summed E-state index contributed by atoms with van der Waals surface area (Å²) in [4.78, 5) is 0. The van der Waals surface area contributed by atoms with Gasteiger partial charge in [-0.1, -0.05) is 29.5 Å². The molecule has 0 aliphatic carbocycles. The van der Waals surface area contributed by atoms with Gasteiger partial charge in [-0.3, -0.25) is 0 Å². The molecular weight excluding hydrogens is 242 g/mol. The zero-order valence-electron chi connectivity index (χ0n) is 9.07. The van der Waals surface area contributed by atoms with Gasteiger partial charge in [0.1, 0.15) is 5.01 Å². The Bertz CT molecular complexity index is 482. The summed E-state index contributed by atoms with van der Waals surface area (Å²) >= 11 is 7.63. The summed E-state index contributed by atoms with van der Waals surface area (Å²) in [5, 5.41) is 12.9. The van der Waals surface area contributed by atoms with Gasteiger partial charge in [0, 0.05) is 5.69 Å². The van der Waals surface area contributed by atoms with E-state index in [1.165, 1.54) is 11.3 Å². The maximum atomic E-state index is 6.11. The van der Waals surface area contributed by atoms with Crippen molar-refractivity contribution in [2.75, 3.05) is 5.32 Å². The van der Waals surface area contributed by atoms with Crippen LogP contribution in [0.3, 0.4) is 0 Å². The Labute approximate surface area is 103 Å². The first-order valence-corrected chi connectivity index (χ1v) is 6.22. The van der Waals surface area contributed by atoms with Crippen LogP contribution in [0, 0.1) is 6.92 Å². The number of hydrogen-bond donors (Lipinski definition) is 1. The summed E-state index contributed by atoms with van der Waals surface area (Å²) in [5.41, 5.74) is 2.05. The second-order valence-electron chi connectivity index (χ2n) is 3.45. The van der Waals surface area contributed by atoms with E-state index in [4.69, 9.17) is 11.6 Å². The number of anilines is 2. The Morgan fingerprint density at radius 1 is 1.31 bits per heavy atom. The second kappa shape index (κ2) is 4.80. The molecule has 2 rings (SSSR count). The third-order valence-corrected chi connectivity index (χ3v) is 3.15. The molecule has 1 aromatic heterocycles. The van der Waals surface area contributed by atoms with E-state index in [-0.39, 0.29) is 5.38 Å². The average Bonchev–Trinajstić information content (AvgIpc) is 2.64. The third kappa shape index (κ3) is 2.51. The number of hydrogen-bond acceptors (Lipinski definition) is 4.